The van der Waals surface area contributed by atoms with Gasteiger partial charge in [-0.05, 0) is 24.6 Å². The molecule has 0 N–H and O–H groups in total. The highest BCUT2D eigenvalue weighted by atomic mass is 79.9. The fraction of sp³-hybridized carbons (Fsp3) is 0.333. The molecule has 0 aromatic heterocycles. The van der Waals surface area contributed by atoms with E-state index in [0.29, 0.717) is 0 Å². The smallest absolute Gasteiger partial charge is 0.166 e. The molecular formula is C9H7Br2F3. The summed E-state index contributed by atoms with van der Waals surface area (Å²) < 4.78 is 36.1. The summed E-state index contributed by atoms with van der Waals surface area (Å²) >= 11 is 6.59. The monoisotopic (exact) mass is 330 g/mol. The minimum absolute atomic E-state index is 0.482. The van der Waals surface area contributed by atoms with Gasteiger partial charge in [0.1, 0.15) is 3.23 Å². The van der Waals surface area contributed by atoms with E-state index in [1.54, 1.807) is 6.92 Å². The highest BCUT2D eigenvalue weighted by Crippen LogP contribution is 2.38. The molecule has 0 saturated heterocycles. The lowest BCUT2D eigenvalue weighted by atomic mass is 10.1. The van der Waals surface area contributed by atoms with E-state index in [1.165, 1.54) is 12.1 Å². The van der Waals surface area contributed by atoms with E-state index in [2.05, 4.69) is 31.9 Å². The van der Waals surface area contributed by atoms with Crippen LogP contribution in [0.1, 0.15) is 18.1 Å². The SMILES string of the molecule is CC(Br)(Br)c1ccc(C(F)(F)F)cc1. The molecular weight excluding hydrogens is 325 g/mol. The van der Waals surface area contributed by atoms with Gasteiger partial charge >= 0.3 is 6.18 Å². The maximum Gasteiger partial charge on any atom is 0.416 e. The molecule has 1 aromatic carbocycles. The van der Waals surface area contributed by atoms with Crippen LogP contribution in [-0.2, 0) is 9.41 Å². The minimum atomic E-state index is -4.27. The van der Waals surface area contributed by atoms with Crippen LogP contribution in [0.3, 0.4) is 0 Å². The van der Waals surface area contributed by atoms with Crippen molar-refractivity contribution in [3.05, 3.63) is 35.4 Å². The third-order valence-electron chi connectivity index (χ3n) is 1.72. The van der Waals surface area contributed by atoms with Crippen LogP contribution in [0.15, 0.2) is 24.3 Å². The number of alkyl halides is 5. The van der Waals surface area contributed by atoms with Crippen molar-refractivity contribution >= 4 is 31.9 Å². The Bertz CT molecular complexity index is 275. The van der Waals surface area contributed by atoms with Crippen LogP contribution in [0.5, 0.6) is 0 Å². The second-order valence-corrected chi connectivity index (χ2v) is 7.20. The van der Waals surface area contributed by atoms with Gasteiger partial charge in [0.15, 0.2) is 0 Å². The van der Waals surface area contributed by atoms with Crippen LogP contribution in [-0.4, -0.2) is 0 Å². The van der Waals surface area contributed by atoms with Crippen molar-refractivity contribution in [2.45, 2.75) is 16.3 Å². The Labute approximate surface area is 96.8 Å². The molecule has 0 spiro atoms. The van der Waals surface area contributed by atoms with Crippen LogP contribution in [0.4, 0.5) is 13.2 Å². The van der Waals surface area contributed by atoms with Gasteiger partial charge in [-0.15, -0.1) is 0 Å². The summed E-state index contributed by atoms with van der Waals surface area (Å²) in [5.41, 5.74) is 0.107. The van der Waals surface area contributed by atoms with E-state index in [0.717, 1.165) is 17.7 Å². The van der Waals surface area contributed by atoms with Crippen LogP contribution in [0, 0.1) is 0 Å². The molecule has 0 aliphatic heterocycles. The molecule has 0 heterocycles. The fourth-order valence-corrected chi connectivity index (χ4v) is 1.48. The second kappa shape index (κ2) is 3.85. The van der Waals surface area contributed by atoms with Gasteiger partial charge in [-0.25, -0.2) is 0 Å². The second-order valence-electron chi connectivity index (χ2n) is 2.96. The van der Waals surface area contributed by atoms with Crippen molar-refractivity contribution in [1.82, 2.24) is 0 Å². The van der Waals surface area contributed by atoms with Crippen LogP contribution >= 0.6 is 31.9 Å². The van der Waals surface area contributed by atoms with Gasteiger partial charge in [-0.2, -0.15) is 13.2 Å². The Kier molecular flexibility index (Phi) is 3.31. The van der Waals surface area contributed by atoms with Gasteiger partial charge in [0.25, 0.3) is 0 Å². The molecule has 0 atom stereocenters. The molecule has 0 nitrogen and oxygen atoms in total. The van der Waals surface area contributed by atoms with Crippen LogP contribution in [0.2, 0.25) is 0 Å². The Morgan fingerprint density at radius 3 is 1.57 bits per heavy atom. The van der Waals surface area contributed by atoms with Crippen molar-refractivity contribution in [2.75, 3.05) is 0 Å². The lowest BCUT2D eigenvalue weighted by molar-refractivity contribution is -0.137. The topological polar surface area (TPSA) is 0 Å². The van der Waals surface area contributed by atoms with Gasteiger partial charge in [-0.1, -0.05) is 44.0 Å². The predicted molar refractivity (Wildman–Crippen MR) is 56.7 cm³/mol. The van der Waals surface area contributed by atoms with Gasteiger partial charge < -0.3 is 0 Å². The summed E-state index contributed by atoms with van der Waals surface area (Å²) in [6, 6.07) is 5.00. The highest BCUT2D eigenvalue weighted by molar-refractivity contribution is 9.24. The summed E-state index contributed by atoms with van der Waals surface area (Å²) in [5, 5.41) is 0. The molecule has 0 aliphatic carbocycles. The minimum Gasteiger partial charge on any atom is -0.166 e. The van der Waals surface area contributed by atoms with E-state index in [1.807, 2.05) is 0 Å². The number of hydrogen-bond donors (Lipinski definition) is 0. The van der Waals surface area contributed by atoms with Crippen molar-refractivity contribution in [1.29, 1.82) is 0 Å². The van der Waals surface area contributed by atoms with Crippen molar-refractivity contribution in [2.24, 2.45) is 0 Å². The first-order valence-corrected chi connectivity index (χ1v) is 5.35. The van der Waals surface area contributed by atoms with Crippen LogP contribution < -0.4 is 0 Å². The lowest BCUT2D eigenvalue weighted by Crippen LogP contribution is -2.07. The first-order chi connectivity index (χ1) is 6.21. The third kappa shape index (κ3) is 2.98. The van der Waals surface area contributed by atoms with E-state index in [4.69, 9.17) is 0 Å². The Morgan fingerprint density at radius 2 is 1.29 bits per heavy atom. The van der Waals surface area contributed by atoms with E-state index >= 15 is 0 Å². The number of halogens is 5. The molecule has 1 rings (SSSR count). The van der Waals surface area contributed by atoms with Gasteiger partial charge in [0, 0.05) is 0 Å². The van der Waals surface area contributed by atoms with Crippen molar-refractivity contribution < 1.29 is 13.2 Å². The summed E-state index contributed by atoms with van der Waals surface area (Å²) in [6.45, 7) is 1.80. The third-order valence-corrected chi connectivity index (χ3v) is 2.63. The average molecular weight is 332 g/mol. The quantitative estimate of drug-likeness (QED) is 0.656. The molecule has 14 heavy (non-hydrogen) atoms. The summed E-state index contributed by atoms with van der Waals surface area (Å²) in [4.78, 5) is 0. The van der Waals surface area contributed by atoms with Crippen LogP contribution in [0.25, 0.3) is 0 Å². The Hall–Kier alpha value is -0.0300. The molecule has 0 bridgehead atoms. The number of benzene rings is 1. The Morgan fingerprint density at radius 1 is 0.929 bits per heavy atom. The van der Waals surface area contributed by atoms with E-state index in [9.17, 15) is 13.2 Å². The number of hydrogen-bond acceptors (Lipinski definition) is 0. The fourth-order valence-electron chi connectivity index (χ4n) is 0.952. The zero-order valence-corrected chi connectivity index (χ0v) is 10.4. The molecule has 5 heteroatoms. The predicted octanol–water partition coefficient (Wildman–Crippen LogP) is 4.67. The average Bonchev–Trinajstić information content (AvgIpc) is 2.01. The molecule has 78 valence electrons. The Balaban J connectivity index is 3.02. The first-order valence-electron chi connectivity index (χ1n) is 3.77. The lowest BCUT2D eigenvalue weighted by Gasteiger charge is -2.15. The summed E-state index contributed by atoms with van der Waals surface area (Å²) in [7, 11) is 0. The molecule has 0 aliphatic rings. The normalized spacial score (nSPS) is 13.0. The van der Waals surface area contributed by atoms with Crippen molar-refractivity contribution in [3.8, 4) is 0 Å². The van der Waals surface area contributed by atoms with E-state index in [-0.39, 0.29) is 0 Å². The van der Waals surface area contributed by atoms with E-state index < -0.39 is 15.0 Å². The standard InChI is InChI=1S/C9H7Br2F3/c1-8(10,11)6-2-4-7(5-3-6)9(12,13)14/h2-5H,1H3. The zero-order valence-electron chi connectivity index (χ0n) is 7.20. The van der Waals surface area contributed by atoms with Gasteiger partial charge in [0.2, 0.25) is 0 Å². The molecule has 0 unspecified atom stereocenters. The number of rotatable bonds is 1. The maximum atomic E-state index is 12.2. The van der Waals surface area contributed by atoms with Crippen molar-refractivity contribution in [3.63, 3.8) is 0 Å². The maximum absolute atomic E-state index is 12.2. The molecule has 0 fully saturated rings. The zero-order chi connectivity index (χ0) is 11.0. The highest BCUT2D eigenvalue weighted by Gasteiger charge is 2.30. The summed E-state index contributed by atoms with van der Waals surface area (Å²) in [6.07, 6.45) is -4.27. The molecule has 1 aromatic rings. The molecule has 0 saturated carbocycles. The largest absolute Gasteiger partial charge is 0.416 e. The molecule has 0 radical (unpaired) electrons. The molecule has 0 amide bonds. The first kappa shape index (κ1) is 12.0. The van der Waals surface area contributed by atoms with Gasteiger partial charge in [0.05, 0.1) is 5.56 Å². The van der Waals surface area contributed by atoms with Gasteiger partial charge in [-0.3, -0.25) is 0 Å². The summed E-state index contributed by atoms with van der Waals surface area (Å²) in [5.74, 6) is 0.